The first kappa shape index (κ1) is 22.1. The van der Waals surface area contributed by atoms with Crippen LogP contribution in [0.25, 0.3) is 0 Å². The van der Waals surface area contributed by atoms with Crippen LogP contribution in [0.5, 0.6) is 0 Å². The average Bonchev–Trinajstić information content (AvgIpc) is 2.91. The summed E-state index contributed by atoms with van der Waals surface area (Å²) in [6, 6.07) is 40.6. The fourth-order valence-electron chi connectivity index (χ4n) is 5.36. The minimum absolute atomic E-state index is 0.0214. The van der Waals surface area contributed by atoms with Gasteiger partial charge in [0, 0.05) is 11.3 Å². The maximum Gasteiger partial charge on any atom is 0.161 e. The number of hydrogen-bond donors (Lipinski definition) is 1. The molecule has 0 unspecified atom stereocenters. The molecule has 1 N–H and O–H groups in total. The van der Waals surface area contributed by atoms with Crippen LogP contribution in [-0.2, 0) is 10.2 Å². The van der Waals surface area contributed by atoms with Crippen molar-refractivity contribution < 1.29 is 9.90 Å². The molecule has 0 bridgehead atoms. The Morgan fingerprint density at radius 1 is 0.647 bits per heavy atom. The average molecular weight is 445 g/mol. The van der Waals surface area contributed by atoms with E-state index in [2.05, 4.69) is 24.3 Å². The van der Waals surface area contributed by atoms with Crippen LogP contribution in [0.3, 0.4) is 0 Å². The van der Waals surface area contributed by atoms with Crippen molar-refractivity contribution in [1.29, 1.82) is 0 Å². The van der Waals surface area contributed by atoms with Crippen LogP contribution >= 0.6 is 0 Å². The second kappa shape index (κ2) is 9.62. The Morgan fingerprint density at radius 2 is 1.06 bits per heavy atom. The number of benzene rings is 4. The summed E-state index contributed by atoms with van der Waals surface area (Å²) >= 11 is 0. The molecule has 5 rings (SSSR count). The predicted molar refractivity (Wildman–Crippen MR) is 137 cm³/mol. The van der Waals surface area contributed by atoms with Gasteiger partial charge in [-0.25, -0.2) is 0 Å². The number of rotatable bonds is 6. The third-order valence-electron chi connectivity index (χ3n) is 7.09. The minimum Gasteiger partial charge on any atom is -0.391 e. The van der Waals surface area contributed by atoms with E-state index < -0.39 is 17.4 Å². The van der Waals surface area contributed by atoms with Gasteiger partial charge in [0.25, 0.3) is 0 Å². The van der Waals surface area contributed by atoms with E-state index in [9.17, 15) is 9.90 Å². The highest BCUT2D eigenvalue weighted by Gasteiger charge is 2.44. The Morgan fingerprint density at radius 3 is 1.50 bits per heavy atom. The molecule has 2 atom stereocenters. The number of aliphatic hydroxyl groups is 1. The van der Waals surface area contributed by atoms with Crippen LogP contribution < -0.4 is 0 Å². The quantitative estimate of drug-likeness (QED) is 0.378. The molecule has 0 heterocycles. The van der Waals surface area contributed by atoms with E-state index >= 15 is 0 Å². The second-order valence-electron chi connectivity index (χ2n) is 9.04. The zero-order chi connectivity index (χ0) is 23.4. The van der Waals surface area contributed by atoms with Gasteiger partial charge in [0.1, 0.15) is 0 Å². The highest BCUT2D eigenvalue weighted by molar-refractivity contribution is 5.94. The zero-order valence-corrected chi connectivity index (χ0v) is 19.0. The van der Waals surface area contributed by atoms with Crippen LogP contribution in [0.4, 0.5) is 0 Å². The molecule has 4 aromatic carbocycles. The zero-order valence-electron chi connectivity index (χ0n) is 19.0. The summed E-state index contributed by atoms with van der Waals surface area (Å²) in [4.78, 5) is 13.3. The number of hydrogen-bond acceptors (Lipinski definition) is 2. The van der Waals surface area contributed by atoms with Crippen molar-refractivity contribution in [3.63, 3.8) is 0 Å². The Balaban J connectivity index is 1.61. The van der Waals surface area contributed by atoms with Crippen LogP contribution in [0.2, 0.25) is 0 Å². The first-order chi connectivity index (χ1) is 16.7. The number of aliphatic hydroxyl groups excluding tert-OH is 1. The highest BCUT2D eigenvalue weighted by Crippen LogP contribution is 2.45. The number of allylic oxidation sites excluding steroid dienone is 2. The van der Waals surface area contributed by atoms with Crippen LogP contribution in [0, 0.1) is 5.92 Å². The lowest BCUT2D eigenvalue weighted by Crippen LogP contribution is -2.42. The van der Waals surface area contributed by atoms with E-state index in [0.717, 1.165) is 22.3 Å². The standard InChI is InChI=1S/C32H28O2/c33-29-21-22-32(26-17-9-3-10-18-26,27-19-11-4-12-20-27)23-28(29)31(34)30(24-13-5-1-6-14-24)25-15-7-2-8-16-25/h1-22,28,30-31,34H,23H2/t28-,31+/m0/s1. The summed E-state index contributed by atoms with van der Waals surface area (Å²) in [7, 11) is 0. The van der Waals surface area contributed by atoms with E-state index in [0.29, 0.717) is 6.42 Å². The van der Waals surface area contributed by atoms with Gasteiger partial charge in [0.05, 0.1) is 12.0 Å². The molecular formula is C32H28O2. The maximum absolute atomic E-state index is 13.3. The Hall–Kier alpha value is -3.75. The maximum atomic E-state index is 13.3. The molecule has 0 saturated heterocycles. The van der Waals surface area contributed by atoms with Crippen molar-refractivity contribution >= 4 is 5.78 Å². The van der Waals surface area contributed by atoms with Gasteiger partial charge in [-0.2, -0.15) is 0 Å². The second-order valence-corrected chi connectivity index (χ2v) is 9.04. The summed E-state index contributed by atoms with van der Waals surface area (Å²) in [5.74, 6) is -0.866. The lowest BCUT2D eigenvalue weighted by molar-refractivity contribution is -0.123. The molecule has 0 radical (unpaired) electrons. The molecule has 2 nitrogen and oxygen atoms in total. The number of ketones is 1. The molecule has 0 spiro atoms. The molecule has 2 heteroatoms. The molecule has 0 saturated carbocycles. The van der Waals surface area contributed by atoms with Gasteiger partial charge >= 0.3 is 0 Å². The largest absolute Gasteiger partial charge is 0.391 e. The predicted octanol–water partition coefficient (Wildman–Crippen LogP) is 6.31. The van der Waals surface area contributed by atoms with E-state index in [1.54, 1.807) is 6.08 Å². The molecule has 0 aliphatic heterocycles. The SMILES string of the molecule is O=C1C=CC(c2ccccc2)(c2ccccc2)C[C@@H]1[C@@H](O)C(c1ccccc1)c1ccccc1. The number of carbonyl (C=O) groups excluding carboxylic acids is 1. The first-order valence-corrected chi connectivity index (χ1v) is 11.8. The molecular weight excluding hydrogens is 416 g/mol. The Bertz CT molecular complexity index is 1170. The van der Waals surface area contributed by atoms with Crippen LogP contribution in [0.1, 0.15) is 34.6 Å². The minimum atomic E-state index is -0.867. The van der Waals surface area contributed by atoms with E-state index in [1.165, 1.54) is 0 Å². The van der Waals surface area contributed by atoms with Gasteiger partial charge < -0.3 is 5.11 Å². The third kappa shape index (κ3) is 4.13. The fourth-order valence-corrected chi connectivity index (χ4v) is 5.36. The highest BCUT2D eigenvalue weighted by atomic mass is 16.3. The molecule has 4 aromatic rings. The molecule has 1 aliphatic carbocycles. The smallest absolute Gasteiger partial charge is 0.161 e. The normalized spacial score (nSPS) is 18.1. The van der Waals surface area contributed by atoms with Crippen molar-refractivity contribution in [2.75, 3.05) is 0 Å². The van der Waals surface area contributed by atoms with Gasteiger partial charge in [0.2, 0.25) is 0 Å². The van der Waals surface area contributed by atoms with E-state index in [1.807, 2.05) is 103 Å². The van der Waals surface area contributed by atoms with Crippen molar-refractivity contribution in [2.24, 2.45) is 5.92 Å². The van der Waals surface area contributed by atoms with Crippen molar-refractivity contribution in [3.05, 3.63) is 156 Å². The van der Waals surface area contributed by atoms with Crippen molar-refractivity contribution in [3.8, 4) is 0 Å². The van der Waals surface area contributed by atoms with Crippen LogP contribution in [-0.4, -0.2) is 17.0 Å². The van der Waals surface area contributed by atoms with Gasteiger partial charge in [-0.15, -0.1) is 0 Å². The third-order valence-corrected chi connectivity index (χ3v) is 7.09. The van der Waals surface area contributed by atoms with E-state index in [-0.39, 0.29) is 11.7 Å². The molecule has 0 aromatic heterocycles. The summed E-state index contributed by atoms with van der Waals surface area (Å²) in [5, 5.41) is 11.9. The topological polar surface area (TPSA) is 37.3 Å². The summed E-state index contributed by atoms with van der Waals surface area (Å²) in [6.45, 7) is 0. The summed E-state index contributed by atoms with van der Waals surface area (Å²) < 4.78 is 0. The molecule has 0 amide bonds. The molecule has 168 valence electrons. The molecule has 34 heavy (non-hydrogen) atoms. The fraction of sp³-hybridized carbons (Fsp3) is 0.156. The molecule has 0 fully saturated rings. The lowest BCUT2D eigenvalue weighted by atomic mass is 9.63. The summed E-state index contributed by atoms with van der Waals surface area (Å²) in [5.41, 5.74) is 3.78. The molecule has 1 aliphatic rings. The first-order valence-electron chi connectivity index (χ1n) is 11.8. The summed E-state index contributed by atoms with van der Waals surface area (Å²) in [6.07, 6.45) is 3.36. The Labute approximate surface area is 201 Å². The van der Waals surface area contributed by atoms with Crippen molar-refractivity contribution in [2.45, 2.75) is 23.9 Å². The van der Waals surface area contributed by atoms with Gasteiger partial charge in [-0.1, -0.05) is 127 Å². The lowest BCUT2D eigenvalue weighted by Gasteiger charge is -2.40. The van der Waals surface area contributed by atoms with Gasteiger partial charge in [-0.3, -0.25) is 4.79 Å². The van der Waals surface area contributed by atoms with Crippen molar-refractivity contribution in [1.82, 2.24) is 0 Å². The monoisotopic (exact) mass is 444 g/mol. The van der Waals surface area contributed by atoms with Gasteiger partial charge in [-0.05, 0) is 34.8 Å². The van der Waals surface area contributed by atoms with Gasteiger partial charge in [0.15, 0.2) is 5.78 Å². The van der Waals surface area contributed by atoms with E-state index in [4.69, 9.17) is 0 Å². The Kier molecular flexibility index (Phi) is 6.24. The van der Waals surface area contributed by atoms with Crippen LogP contribution in [0.15, 0.2) is 133 Å². The number of carbonyl (C=O) groups is 1.